The second kappa shape index (κ2) is 10.2. The Bertz CT molecular complexity index is 1550. The molecule has 1 heterocycles. The minimum Gasteiger partial charge on any atom is -0.454 e. The molecule has 1 aliphatic heterocycles. The third kappa shape index (κ3) is 5.26. The molecule has 37 heavy (non-hydrogen) atoms. The first-order valence-electron chi connectivity index (χ1n) is 11.5. The van der Waals surface area contributed by atoms with Crippen molar-refractivity contribution in [2.75, 3.05) is 16.4 Å². The highest BCUT2D eigenvalue weighted by Gasteiger charge is 2.29. The number of aryl methyl sites for hydroxylation is 1. The van der Waals surface area contributed by atoms with Crippen LogP contribution < -0.4 is 19.1 Å². The van der Waals surface area contributed by atoms with E-state index in [1.807, 2.05) is 6.92 Å². The normalized spacial score (nSPS) is 12.3. The minimum atomic E-state index is -4.03. The third-order valence-corrected chi connectivity index (χ3v) is 7.92. The van der Waals surface area contributed by atoms with Crippen LogP contribution in [0.25, 0.3) is 0 Å². The van der Waals surface area contributed by atoms with Gasteiger partial charge in [0, 0.05) is 16.8 Å². The Labute approximate surface area is 220 Å². The van der Waals surface area contributed by atoms with E-state index in [-0.39, 0.29) is 29.5 Å². The van der Waals surface area contributed by atoms with E-state index in [1.54, 1.807) is 91.0 Å². The SMILES string of the molecule is Cc1ccc(S(=O)(=O)N(Cc2ccc(Cl)cc2)c2ccccc2C(=O)Nc2ccc3c(c2)OCO3)cc1. The Morgan fingerprint density at radius 3 is 2.38 bits per heavy atom. The van der Waals surface area contributed by atoms with Gasteiger partial charge in [-0.3, -0.25) is 9.10 Å². The molecule has 0 radical (unpaired) electrons. The van der Waals surface area contributed by atoms with Crippen LogP contribution in [0.15, 0.2) is 95.9 Å². The fourth-order valence-electron chi connectivity index (χ4n) is 3.95. The molecule has 7 nitrogen and oxygen atoms in total. The molecule has 9 heteroatoms. The van der Waals surface area contributed by atoms with Crippen molar-refractivity contribution in [2.45, 2.75) is 18.4 Å². The number of carbonyl (C=O) groups is 1. The van der Waals surface area contributed by atoms with Gasteiger partial charge in [-0.05, 0) is 61.0 Å². The number of nitrogens with one attached hydrogen (secondary N) is 1. The Morgan fingerprint density at radius 2 is 1.62 bits per heavy atom. The number of rotatable bonds is 7. The second-order valence-electron chi connectivity index (χ2n) is 8.49. The zero-order valence-corrected chi connectivity index (χ0v) is 21.4. The molecule has 0 atom stereocenters. The maximum atomic E-state index is 13.9. The Kier molecular flexibility index (Phi) is 6.78. The van der Waals surface area contributed by atoms with Gasteiger partial charge in [0.05, 0.1) is 22.7 Å². The highest BCUT2D eigenvalue weighted by atomic mass is 35.5. The lowest BCUT2D eigenvalue weighted by Crippen LogP contribution is -2.32. The number of para-hydroxylation sites is 1. The van der Waals surface area contributed by atoms with Crippen LogP contribution >= 0.6 is 11.6 Å². The summed E-state index contributed by atoms with van der Waals surface area (Å²) in [6.07, 6.45) is 0. The first kappa shape index (κ1) is 24.7. The first-order chi connectivity index (χ1) is 17.8. The molecular formula is C28H23ClN2O5S. The highest BCUT2D eigenvalue weighted by molar-refractivity contribution is 7.92. The van der Waals surface area contributed by atoms with Gasteiger partial charge in [-0.25, -0.2) is 8.42 Å². The molecule has 188 valence electrons. The summed E-state index contributed by atoms with van der Waals surface area (Å²) in [5.74, 6) is 0.656. The van der Waals surface area contributed by atoms with Crippen LogP contribution in [-0.2, 0) is 16.6 Å². The maximum absolute atomic E-state index is 13.9. The fourth-order valence-corrected chi connectivity index (χ4v) is 5.55. The van der Waals surface area contributed by atoms with Crippen LogP contribution in [0.4, 0.5) is 11.4 Å². The molecule has 0 bridgehead atoms. The number of anilines is 2. The van der Waals surface area contributed by atoms with Gasteiger partial charge in [0.2, 0.25) is 6.79 Å². The van der Waals surface area contributed by atoms with Gasteiger partial charge >= 0.3 is 0 Å². The average Bonchev–Trinajstić information content (AvgIpc) is 3.36. The van der Waals surface area contributed by atoms with Gasteiger partial charge in [0.15, 0.2) is 11.5 Å². The zero-order chi connectivity index (χ0) is 26.0. The summed E-state index contributed by atoms with van der Waals surface area (Å²) in [6.45, 7) is 2.01. The van der Waals surface area contributed by atoms with Crippen LogP contribution in [0.1, 0.15) is 21.5 Å². The summed E-state index contributed by atoms with van der Waals surface area (Å²) in [5.41, 5.74) is 2.59. The predicted molar refractivity (Wildman–Crippen MR) is 143 cm³/mol. The Morgan fingerprint density at radius 1 is 0.919 bits per heavy atom. The number of ether oxygens (including phenoxy) is 2. The average molecular weight is 535 g/mol. The lowest BCUT2D eigenvalue weighted by atomic mass is 10.1. The van der Waals surface area contributed by atoms with E-state index in [9.17, 15) is 13.2 Å². The molecule has 0 spiro atoms. The third-order valence-electron chi connectivity index (χ3n) is 5.90. The van der Waals surface area contributed by atoms with E-state index in [4.69, 9.17) is 21.1 Å². The number of sulfonamides is 1. The first-order valence-corrected chi connectivity index (χ1v) is 13.3. The fraction of sp³-hybridized carbons (Fsp3) is 0.107. The van der Waals surface area contributed by atoms with Crippen molar-refractivity contribution in [2.24, 2.45) is 0 Å². The van der Waals surface area contributed by atoms with E-state index in [0.29, 0.717) is 27.8 Å². The molecule has 1 aliphatic rings. The van der Waals surface area contributed by atoms with E-state index in [0.717, 1.165) is 5.56 Å². The predicted octanol–water partition coefficient (Wildman–Crippen LogP) is 6.02. The Hall–Kier alpha value is -4.01. The molecule has 0 fully saturated rings. The highest BCUT2D eigenvalue weighted by Crippen LogP contribution is 2.35. The summed E-state index contributed by atoms with van der Waals surface area (Å²) in [6, 6.07) is 25.2. The maximum Gasteiger partial charge on any atom is 0.264 e. The smallest absolute Gasteiger partial charge is 0.264 e. The standard InChI is InChI=1S/C28H23ClN2O5S/c1-19-6-13-23(14-7-19)37(33,34)31(17-20-8-10-21(29)11-9-20)25-5-3-2-4-24(25)28(32)30-22-12-15-26-27(16-22)36-18-35-26/h2-16H,17-18H2,1H3,(H,30,32). The molecule has 0 saturated carbocycles. The van der Waals surface area contributed by atoms with Crippen LogP contribution in [-0.4, -0.2) is 21.1 Å². The Balaban J connectivity index is 1.54. The molecule has 1 N–H and O–H groups in total. The van der Waals surface area contributed by atoms with E-state index in [1.165, 1.54) is 4.31 Å². The van der Waals surface area contributed by atoms with Crippen LogP contribution in [0.3, 0.4) is 0 Å². The van der Waals surface area contributed by atoms with Gasteiger partial charge in [0.25, 0.3) is 15.9 Å². The van der Waals surface area contributed by atoms with E-state index in [2.05, 4.69) is 5.32 Å². The number of amides is 1. The number of hydrogen-bond donors (Lipinski definition) is 1. The summed E-state index contributed by atoms with van der Waals surface area (Å²) in [5, 5.41) is 3.38. The summed E-state index contributed by atoms with van der Waals surface area (Å²) in [4.78, 5) is 13.5. The number of carbonyl (C=O) groups excluding carboxylic acids is 1. The second-order valence-corrected chi connectivity index (χ2v) is 10.8. The van der Waals surface area contributed by atoms with Crippen molar-refractivity contribution in [1.82, 2.24) is 0 Å². The molecule has 0 aliphatic carbocycles. The van der Waals surface area contributed by atoms with Gasteiger partial charge < -0.3 is 14.8 Å². The quantitative estimate of drug-likeness (QED) is 0.313. The largest absolute Gasteiger partial charge is 0.454 e. The van der Waals surface area contributed by atoms with Crippen molar-refractivity contribution in [1.29, 1.82) is 0 Å². The molecule has 0 unspecified atom stereocenters. The summed E-state index contributed by atoms with van der Waals surface area (Å²) < 4.78 is 39.8. The van der Waals surface area contributed by atoms with Crippen molar-refractivity contribution in [3.63, 3.8) is 0 Å². The van der Waals surface area contributed by atoms with Crippen molar-refractivity contribution < 1.29 is 22.7 Å². The monoisotopic (exact) mass is 534 g/mol. The van der Waals surface area contributed by atoms with Crippen molar-refractivity contribution in [3.8, 4) is 11.5 Å². The van der Waals surface area contributed by atoms with Crippen LogP contribution in [0.5, 0.6) is 11.5 Å². The number of benzene rings is 4. The van der Waals surface area contributed by atoms with E-state index >= 15 is 0 Å². The number of nitrogens with zero attached hydrogens (tertiary/aromatic N) is 1. The van der Waals surface area contributed by atoms with Gasteiger partial charge in [-0.15, -0.1) is 0 Å². The zero-order valence-electron chi connectivity index (χ0n) is 19.8. The number of hydrogen-bond acceptors (Lipinski definition) is 5. The van der Waals surface area contributed by atoms with Crippen LogP contribution in [0, 0.1) is 6.92 Å². The summed E-state index contributed by atoms with van der Waals surface area (Å²) >= 11 is 6.04. The number of halogens is 1. The molecule has 4 aromatic rings. The van der Waals surface area contributed by atoms with Gasteiger partial charge in [0.1, 0.15) is 0 Å². The number of fused-ring (bicyclic) bond motifs is 1. The minimum absolute atomic E-state index is 0.00168. The molecule has 1 amide bonds. The van der Waals surface area contributed by atoms with Crippen LogP contribution in [0.2, 0.25) is 5.02 Å². The molecular weight excluding hydrogens is 512 g/mol. The molecule has 4 aromatic carbocycles. The van der Waals surface area contributed by atoms with E-state index < -0.39 is 15.9 Å². The van der Waals surface area contributed by atoms with Gasteiger partial charge in [-0.1, -0.05) is 53.6 Å². The van der Waals surface area contributed by atoms with Crippen molar-refractivity contribution in [3.05, 3.63) is 113 Å². The lowest BCUT2D eigenvalue weighted by molar-refractivity contribution is 0.102. The van der Waals surface area contributed by atoms with Gasteiger partial charge in [-0.2, -0.15) is 0 Å². The molecule has 5 rings (SSSR count). The van der Waals surface area contributed by atoms with Crippen molar-refractivity contribution >= 4 is 38.9 Å². The molecule has 0 aromatic heterocycles. The lowest BCUT2D eigenvalue weighted by Gasteiger charge is -2.27. The summed E-state index contributed by atoms with van der Waals surface area (Å²) in [7, 11) is -4.03. The topological polar surface area (TPSA) is 84.9 Å². The molecule has 0 saturated heterocycles.